The maximum atomic E-state index is 14.1. The van der Waals surface area contributed by atoms with Crippen molar-refractivity contribution in [2.75, 3.05) is 54.6 Å². The lowest BCUT2D eigenvalue weighted by molar-refractivity contribution is 0.00243. The van der Waals surface area contributed by atoms with Crippen LogP contribution in [0, 0.1) is 5.82 Å². The molecule has 2 aliphatic rings. The molecule has 0 saturated carbocycles. The molecule has 1 fully saturated rings. The van der Waals surface area contributed by atoms with Gasteiger partial charge in [-0.1, -0.05) is 65.7 Å². The number of carbonyl (C=O) groups is 1. The minimum atomic E-state index is -0.995. The second-order valence-corrected chi connectivity index (χ2v) is 16.7. The van der Waals surface area contributed by atoms with Gasteiger partial charge in [0.15, 0.2) is 11.5 Å². The SMILES string of the molecule is COc1cc(COC[C@](CCCN2CCC3(CC2)c2ccccc2CS3=O)(c2ccc(Cl)c(Cl)c2)N(C)C(=O)NCc2ccc(F)cc2)cc(OC)c1OC. The van der Waals surface area contributed by atoms with Gasteiger partial charge < -0.3 is 34.1 Å². The topological polar surface area (TPSA) is 89.6 Å². The van der Waals surface area contributed by atoms with Crippen molar-refractivity contribution in [2.24, 2.45) is 0 Å². The number of rotatable bonds is 15. The van der Waals surface area contributed by atoms with Gasteiger partial charge in [-0.15, -0.1) is 0 Å². The van der Waals surface area contributed by atoms with E-state index in [4.69, 9.17) is 42.1 Å². The summed E-state index contributed by atoms with van der Waals surface area (Å²) < 4.78 is 50.0. The van der Waals surface area contributed by atoms with Gasteiger partial charge in [-0.05, 0) is 110 Å². The molecular formula is C42H48Cl2FN3O6S. The van der Waals surface area contributed by atoms with Crippen LogP contribution in [0.15, 0.2) is 78.9 Å². The van der Waals surface area contributed by atoms with E-state index >= 15 is 0 Å². The Bertz CT molecular complexity index is 1970. The molecule has 55 heavy (non-hydrogen) atoms. The number of hydrogen-bond donors (Lipinski definition) is 1. The molecule has 2 amide bonds. The number of nitrogens with one attached hydrogen (secondary N) is 1. The number of ether oxygens (including phenoxy) is 4. The minimum absolute atomic E-state index is 0.112. The smallest absolute Gasteiger partial charge is 0.318 e. The Kier molecular flexibility index (Phi) is 13.3. The number of piperidine rings is 1. The fourth-order valence-corrected chi connectivity index (χ4v) is 10.1. The van der Waals surface area contributed by atoms with Crippen molar-refractivity contribution in [2.45, 2.75) is 54.9 Å². The van der Waals surface area contributed by atoms with Gasteiger partial charge in [-0.2, -0.15) is 0 Å². The molecule has 1 spiro atoms. The summed E-state index contributed by atoms with van der Waals surface area (Å²) in [4.78, 5) is 18.2. The summed E-state index contributed by atoms with van der Waals surface area (Å²) >= 11 is 13.1. The molecule has 0 aromatic heterocycles. The van der Waals surface area contributed by atoms with Crippen LogP contribution < -0.4 is 19.5 Å². The van der Waals surface area contributed by atoms with Gasteiger partial charge in [0.25, 0.3) is 0 Å². The summed E-state index contributed by atoms with van der Waals surface area (Å²) in [6.07, 6.45) is 2.91. The van der Waals surface area contributed by atoms with E-state index in [-0.39, 0.29) is 36.4 Å². The number of carbonyl (C=O) groups excluding carboxylic acids is 1. The molecule has 0 radical (unpaired) electrons. The molecule has 2 atom stereocenters. The molecule has 9 nitrogen and oxygen atoms in total. The molecule has 0 bridgehead atoms. The Morgan fingerprint density at radius 1 is 0.927 bits per heavy atom. The molecule has 294 valence electrons. The first-order chi connectivity index (χ1) is 26.5. The van der Waals surface area contributed by atoms with Crippen LogP contribution >= 0.6 is 23.2 Å². The molecular weight excluding hydrogens is 764 g/mol. The van der Waals surface area contributed by atoms with Crippen LogP contribution in [0.5, 0.6) is 17.2 Å². The number of urea groups is 1. The predicted molar refractivity (Wildman–Crippen MR) is 215 cm³/mol. The molecule has 1 unspecified atom stereocenters. The highest BCUT2D eigenvalue weighted by Gasteiger charge is 2.47. The average molecular weight is 813 g/mol. The maximum Gasteiger partial charge on any atom is 0.318 e. The maximum absolute atomic E-state index is 14.1. The molecule has 6 rings (SSSR count). The Morgan fingerprint density at radius 2 is 1.62 bits per heavy atom. The molecule has 13 heteroatoms. The van der Waals surface area contributed by atoms with Crippen LogP contribution in [0.3, 0.4) is 0 Å². The average Bonchev–Trinajstić information content (AvgIpc) is 3.47. The minimum Gasteiger partial charge on any atom is -0.493 e. The second kappa shape index (κ2) is 17.9. The van der Waals surface area contributed by atoms with E-state index in [0.717, 1.165) is 55.6 Å². The number of likely N-dealkylation sites (N-methyl/N-ethyl adjacent to an activating group) is 1. The van der Waals surface area contributed by atoms with Crippen molar-refractivity contribution < 1.29 is 32.3 Å². The van der Waals surface area contributed by atoms with E-state index < -0.39 is 16.3 Å². The normalized spacial score (nSPS) is 17.3. The van der Waals surface area contributed by atoms with E-state index in [2.05, 4.69) is 22.3 Å². The molecule has 4 aromatic carbocycles. The van der Waals surface area contributed by atoms with Crippen molar-refractivity contribution in [3.8, 4) is 17.2 Å². The highest BCUT2D eigenvalue weighted by Crippen LogP contribution is 2.47. The largest absolute Gasteiger partial charge is 0.493 e. The predicted octanol–water partition coefficient (Wildman–Crippen LogP) is 8.45. The lowest BCUT2D eigenvalue weighted by Gasteiger charge is -2.43. The summed E-state index contributed by atoms with van der Waals surface area (Å²) in [5.74, 6) is 1.75. The van der Waals surface area contributed by atoms with E-state index in [0.29, 0.717) is 39.5 Å². The lowest BCUT2D eigenvalue weighted by atomic mass is 9.83. The fourth-order valence-electron chi connectivity index (χ4n) is 7.92. The Morgan fingerprint density at radius 3 is 2.27 bits per heavy atom. The summed E-state index contributed by atoms with van der Waals surface area (Å²) in [5, 5.41) is 3.77. The fraction of sp³-hybridized carbons (Fsp3) is 0.405. The Hall–Kier alpha value is -3.87. The monoisotopic (exact) mass is 811 g/mol. The number of nitrogens with zero attached hydrogens (tertiary/aromatic N) is 2. The van der Waals surface area contributed by atoms with Crippen molar-refractivity contribution in [1.29, 1.82) is 0 Å². The number of hydrogen-bond acceptors (Lipinski definition) is 7. The van der Waals surface area contributed by atoms with E-state index in [1.54, 1.807) is 57.5 Å². The zero-order chi connectivity index (χ0) is 39.2. The summed E-state index contributed by atoms with van der Waals surface area (Å²) in [6, 6.07) is 23.1. The van der Waals surface area contributed by atoms with Crippen LogP contribution in [0.1, 0.15) is 53.5 Å². The zero-order valence-electron chi connectivity index (χ0n) is 31.7. The van der Waals surface area contributed by atoms with Crippen LogP contribution in [-0.2, 0) is 44.7 Å². The van der Waals surface area contributed by atoms with Gasteiger partial charge >= 0.3 is 6.03 Å². The molecule has 1 N–H and O–H groups in total. The summed E-state index contributed by atoms with van der Waals surface area (Å²) in [6.45, 7) is 2.91. The van der Waals surface area contributed by atoms with Crippen LogP contribution in [0.4, 0.5) is 9.18 Å². The third kappa shape index (κ3) is 8.76. The molecule has 0 aliphatic carbocycles. The third-order valence-corrected chi connectivity index (χ3v) is 13.9. The number of amides is 2. The zero-order valence-corrected chi connectivity index (χ0v) is 34.0. The Balaban J connectivity index is 1.25. The van der Waals surface area contributed by atoms with Crippen molar-refractivity contribution in [3.63, 3.8) is 0 Å². The lowest BCUT2D eigenvalue weighted by Crippen LogP contribution is -2.54. The van der Waals surface area contributed by atoms with E-state index in [9.17, 15) is 13.4 Å². The van der Waals surface area contributed by atoms with Gasteiger partial charge in [0.2, 0.25) is 5.75 Å². The highest BCUT2D eigenvalue weighted by molar-refractivity contribution is 7.85. The van der Waals surface area contributed by atoms with Gasteiger partial charge in [0.05, 0.1) is 54.9 Å². The molecule has 2 heterocycles. The standard InChI is InChI=1S/C42H48Cl2FN3O6S/c1-47(40(49)46-25-29-10-13-33(45)14-11-29)41(32-12-15-35(43)36(44)24-32,28-54-26-30-22-37(51-2)39(53-4)38(23-30)52-3)16-7-19-48-20-17-42(18-21-48)34-9-6-5-8-31(34)27-55(42)50/h5-6,8-15,22-24H,7,16-21,25-28H2,1-4H3,(H,46,49)/t41-,55?/m1/s1. The number of halogens is 3. The van der Waals surface area contributed by atoms with Crippen molar-refractivity contribution >= 4 is 40.0 Å². The number of fused-ring (bicyclic) bond motifs is 2. The molecule has 2 aliphatic heterocycles. The van der Waals surface area contributed by atoms with Gasteiger partial charge in [-0.25, -0.2) is 9.18 Å². The first kappa shape index (κ1) is 40.8. The van der Waals surface area contributed by atoms with E-state index in [1.165, 1.54) is 23.3 Å². The quantitative estimate of drug-likeness (QED) is 0.129. The summed E-state index contributed by atoms with van der Waals surface area (Å²) in [7, 11) is 5.48. The third-order valence-electron chi connectivity index (χ3n) is 11.1. The van der Waals surface area contributed by atoms with Crippen molar-refractivity contribution in [3.05, 3.63) is 123 Å². The Labute approximate surface area is 335 Å². The van der Waals surface area contributed by atoms with Crippen molar-refractivity contribution in [1.82, 2.24) is 15.1 Å². The molecule has 1 saturated heterocycles. The second-order valence-electron chi connectivity index (χ2n) is 14.1. The highest BCUT2D eigenvalue weighted by atomic mass is 35.5. The van der Waals surface area contributed by atoms with E-state index in [1.807, 2.05) is 30.3 Å². The number of methoxy groups -OCH3 is 3. The molecule has 4 aromatic rings. The first-order valence-corrected chi connectivity index (χ1v) is 20.4. The summed E-state index contributed by atoms with van der Waals surface area (Å²) in [5.41, 5.74) is 3.76. The van der Waals surface area contributed by atoms with Gasteiger partial charge in [0.1, 0.15) is 5.82 Å². The van der Waals surface area contributed by atoms with Crippen LogP contribution in [-0.4, -0.2) is 74.7 Å². The number of likely N-dealkylation sites (tertiary alicyclic amines) is 1. The van der Waals surface area contributed by atoms with Gasteiger partial charge in [0, 0.05) is 30.1 Å². The van der Waals surface area contributed by atoms with Crippen LogP contribution in [0.25, 0.3) is 0 Å². The first-order valence-electron chi connectivity index (χ1n) is 18.3. The number of benzene rings is 4. The van der Waals surface area contributed by atoms with Gasteiger partial charge in [-0.3, -0.25) is 4.21 Å². The van der Waals surface area contributed by atoms with Crippen LogP contribution in [0.2, 0.25) is 10.0 Å².